The predicted octanol–water partition coefficient (Wildman–Crippen LogP) is 4.16. The summed E-state index contributed by atoms with van der Waals surface area (Å²) in [5.74, 6) is -2.61. The van der Waals surface area contributed by atoms with Crippen molar-refractivity contribution in [1.82, 2.24) is 4.57 Å². The predicted molar refractivity (Wildman–Crippen MR) is 106 cm³/mol. The fourth-order valence-corrected chi connectivity index (χ4v) is 3.21. The Morgan fingerprint density at radius 2 is 1.68 bits per heavy atom. The third-order valence-electron chi connectivity index (χ3n) is 4.04. The standard InChI is InChI=1S/C20H21Cl2NO5/c1-3-27-19(25)15(20(26)28-4-2)9-11-23-10-5-6-17(23)18(24)14-8-7-13(21)12-16(14)22/h5-8,10,12,15H,3-4,9,11H2,1-2H3. The van der Waals surface area contributed by atoms with E-state index in [9.17, 15) is 14.4 Å². The number of ether oxygens (including phenoxy) is 2. The van der Waals surface area contributed by atoms with Crippen LogP contribution in [0.1, 0.15) is 36.3 Å². The van der Waals surface area contributed by atoms with Gasteiger partial charge in [0.2, 0.25) is 5.78 Å². The maximum absolute atomic E-state index is 12.8. The minimum absolute atomic E-state index is 0.140. The molecule has 0 fully saturated rings. The zero-order chi connectivity index (χ0) is 20.7. The maximum atomic E-state index is 12.8. The quantitative estimate of drug-likeness (QED) is 0.342. The van der Waals surface area contributed by atoms with Gasteiger partial charge in [-0.25, -0.2) is 0 Å². The van der Waals surface area contributed by atoms with Crippen LogP contribution in [0.4, 0.5) is 0 Å². The zero-order valence-electron chi connectivity index (χ0n) is 15.6. The average Bonchev–Trinajstić information content (AvgIpc) is 3.10. The first-order valence-electron chi connectivity index (χ1n) is 8.87. The Balaban J connectivity index is 2.19. The molecule has 8 heteroatoms. The number of benzene rings is 1. The van der Waals surface area contributed by atoms with E-state index in [1.807, 2.05) is 0 Å². The van der Waals surface area contributed by atoms with Gasteiger partial charge in [0, 0.05) is 23.3 Å². The summed E-state index contributed by atoms with van der Waals surface area (Å²) >= 11 is 12.0. The third kappa shape index (κ3) is 5.36. The highest BCUT2D eigenvalue weighted by molar-refractivity contribution is 6.37. The number of carbonyl (C=O) groups is 3. The Kier molecular flexibility index (Phi) is 8.08. The minimum atomic E-state index is -1.05. The average molecular weight is 426 g/mol. The molecule has 0 saturated heterocycles. The van der Waals surface area contributed by atoms with Crippen molar-refractivity contribution in [3.8, 4) is 0 Å². The van der Waals surface area contributed by atoms with Crippen molar-refractivity contribution in [1.29, 1.82) is 0 Å². The van der Waals surface area contributed by atoms with Crippen LogP contribution in [-0.4, -0.2) is 35.5 Å². The third-order valence-corrected chi connectivity index (χ3v) is 4.59. The molecule has 6 nitrogen and oxygen atoms in total. The summed E-state index contributed by atoms with van der Waals surface area (Å²) in [4.78, 5) is 37.1. The van der Waals surface area contributed by atoms with E-state index in [4.69, 9.17) is 32.7 Å². The van der Waals surface area contributed by atoms with Gasteiger partial charge in [-0.1, -0.05) is 23.2 Å². The van der Waals surface area contributed by atoms with E-state index in [1.54, 1.807) is 48.9 Å². The number of carbonyl (C=O) groups excluding carboxylic acids is 3. The summed E-state index contributed by atoms with van der Waals surface area (Å²) in [5, 5.41) is 0.685. The second-order valence-electron chi connectivity index (χ2n) is 5.89. The number of hydrogen-bond acceptors (Lipinski definition) is 5. The number of nitrogens with zero attached hydrogens (tertiary/aromatic N) is 1. The van der Waals surface area contributed by atoms with Crippen LogP contribution in [0, 0.1) is 5.92 Å². The van der Waals surface area contributed by atoms with E-state index in [-0.39, 0.29) is 37.0 Å². The molecule has 0 spiro atoms. The number of halogens is 2. The molecule has 2 aromatic rings. The van der Waals surface area contributed by atoms with Gasteiger partial charge in [0.25, 0.3) is 0 Å². The van der Waals surface area contributed by atoms with Crippen LogP contribution in [-0.2, 0) is 25.6 Å². The first-order valence-corrected chi connectivity index (χ1v) is 9.62. The monoisotopic (exact) mass is 425 g/mol. The molecule has 1 aromatic carbocycles. The Labute approximate surface area is 173 Å². The first-order chi connectivity index (χ1) is 13.4. The summed E-state index contributed by atoms with van der Waals surface area (Å²) in [6, 6.07) is 8.01. The summed E-state index contributed by atoms with van der Waals surface area (Å²) in [7, 11) is 0. The Morgan fingerprint density at radius 3 is 2.25 bits per heavy atom. The molecular weight excluding hydrogens is 405 g/mol. The van der Waals surface area contributed by atoms with Crippen molar-refractivity contribution < 1.29 is 23.9 Å². The smallest absolute Gasteiger partial charge is 0.320 e. The molecule has 0 atom stereocenters. The highest BCUT2D eigenvalue weighted by Crippen LogP contribution is 2.24. The number of ketones is 1. The van der Waals surface area contributed by atoms with Crippen LogP contribution in [0.3, 0.4) is 0 Å². The topological polar surface area (TPSA) is 74.6 Å². The van der Waals surface area contributed by atoms with Gasteiger partial charge < -0.3 is 14.0 Å². The summed E-state index contributed by atoms with van der Waals surface area (Å²) in [5.41, 5.74) is 0.703. The molecule has 0 saturated carbocycles. The van der Waals surface area contributed by atoms with Gasteiger partial charge in [0.1, 0.15) is 0 Å². The molecule has 1 heterocycles. The van der Waals surface area contributed by atoms with Crippen molar-refractivity contribution >= 4 is 40.9 Å². The van der Waals surface area contributed by atoms with Gasteiger partial charge in [-0.2, -0.15) is 0 Å². The molecule has 0 amide bonds. The lowest BCUT2D eigenvalue weighted by Gasteiger charge is -2.16. The summed E-state index contributed by atoms with van der Waals surface area (Å²) < 4.78 is 11.6. The van der Waals surface area contributed by atoms with Gasteiger partial charge >= 0.3 is 11.9 Å². The summed E-state index contributed by atoms with van der Waals surface area (Å²) in [6.45, 7) is 3.91. The normalized spacial score (nSPS) is 10.8. The van der Waals surface area contributed by atoms with Gasteiger partial charge in [0.15, 0.2) is 5.92 Å². The summed E-state index contributed by atoms with van der Waals surface area (Å²) in [6.07, 6.45) is 1.84. The van der Waals surface area contributed by atoms with Crippen molar-refractivity contribution in [3.05, 3.63) is 57.8 Å². The second kappa shape index (κ2) is 10.3. The van der Waals surface area contributed by atoms with Gasteiger partial charge in [-0.15, -0.1) is 0 Å². The molecule has 1 aromatic heterocycles. The molecule has 0 aliphatic heterocycles. The fraction of sp³-hybridized carbons (Fsp3) is 0.350. The molecule has 0 N–H and O–H groups in total. The maximum Gasteiger partial charge on any atom is 0.320 e. The molecule has 0 radical (unpaired) electrons. The van der Waals surface area contributed by atoms with Crippen LogP contribution in [0.15, 0.2) is 36.5 Å². The van der Waals surface area contributed by atoms with E-state index >= 15 is 0 Å². The molecule has 0 aliphatic carbocycles. The van der Waals surface area contributed by atoms with E-state index in [1.165, 1.54) is 6.07 Å². The van der Waals surface area contributed by atoms with Crippen LogP contribution in [0.25, 0.3) is 0 Å². The number of rotatable bonds is 9. The van der Waals surface area contributed by atoms with Crippen LogP contribution in [0.2, 0.25) is 10.0 Å². The Bertz CT molecular complexity index is 844. The highest BCUT2D eigenvalue weighted by Gasteiger charge is 2.29. The lowest BCUT2D eigenvalue weighted by atomic mass is 10.1. The van der Waals surface area contributed by atoms with Crippen molar-refractivity contribution in [2.75, 3.05) is 13.2 Å². The Morgan fingerprint density at radius 1 is 1.04 bits per heavy atom. The van der Waals surface area contributed by atoms with E-state index < -0.39 is 17.9 Å². The van der Waals surface area contributed by atoms with E-state index in [0.717, 1.165) is 0 Å². The number of esters is 2. The zero-order valence-corrected chi connectivity index (χ0v) is 17.1. The van der Waals surface area contributed by atoms with E-state index in [0.29, 0.717) is 16.3 Å². The second-order valence-corrected chi connectivity index (χ2v) is 6.73. The number of aromatic nitrogens is 1. The van der Waals surface area contributed by atoms with Gasteiger partial charge in [-0.05, 0) is 50.6 Å². The highest BCUT2D eigenvalue weighted by atomic mass is 35.5. The number of aryl methyl sites for hydroxylation is 1. The lowest BCUT2D eigenvalue weighted by molar-refractivity contribution is -0.162. The van der Waals surface area contributed by atoms with Crippen LogP contribution < -0.4 is 0 Å². The molecule has 2 rings (SSSR count). The molecular formula is C20H21Cl2NO5. The van der Waals surface area contributed by atoms with Crippen LogP contribution in [0.5, 0.6) is 0 Å². The lowest BCUT2D eigenvalue weighted by Crippen LogP contribution is -2.29. The Hall–Kier alpha value is -2.31. The van der Waals surface area contributed by atoms with Crippen LogP contribution >= 0.6 is 23.2 Å². The molecule has 150 valence electrons. The molecule has 0 aliphatic rings. The molecule has 28 heavy (non-hydrogen) atoms. The molecule has 0 unspecified atom stereocenters. The minimum Gasteiger partial charge on any atom is -0.465 e. The van der Waals surface area contributed by atoms with Crippen molar-refractivity contribution in [3.63, 3.8) is 0 Å². The van der Waals surface area contributed by atoms with E-state index in [2.05, 4.69) is 0 Å². The molecule has 0 bridgehead atoms. The first kappa shape index (κ1) is 22.0. The van der Waals surface area contributed by atoms with Crippen molar-refractivity contribution in [2.45, 2.75) is 26.8 Å². The van der Waals surface area contributed by atoms with Gasteiger partial charge in [0.05, 0.1) is 23.9 Å². The van der Waals surface area contributed by atoms with Crippen molar-refractivity contribution in [2.24, 2.45) is 5.92 Å². The number of hydrogen-bond donors (Lipinski definition) is 0. The fourth-order valence-electron chi connectivity index (χ4n) is 2.71. The van der Waals surface area contributed by atoms with Gasteiger partial charge in [-0.3, -0.25) is 14.4 Å². The SMILES string of the molecule is CCOC(=O)C(CCn1cccc1C(=O)c1ccc(Cl)cc1Cl)C(=O)OCC. The largest absolute Gasteiger partial charge is 0.465 e.